The molecule has 20 heavy (non-hydrogen) atoms. The van der Waals surface area contributed by atoms with Crippen LogP contribution in [0.3, 0.4) is 0 Å². The lowest BCUT2D eigenvalue weighted by Gasteiger charge is -2.17. The molecule has 6 heteroatoms. The molecular weight excluding hydrogens is 269 g/mol. The maximum atomic E-state index is 12.8. The van der Waals surface area contributed by atoms with Crippen LogP contribution in [-0.2, 0) is 17.5 Å². The van der Waals surface area contributed by atoms with Crippen LogP contribution < -0.4 is 10.6 Å². The molecule has 2 N–H and O–H groups in total. The Morgan fingerprint density at radius 3 is 2.75 bits per heavy atom. The largest absolute Gasteiger partial charge is 0.416 e. The van der Waals surface area contributed by atoms with E-state index >= 15 is 0 Å². The zero-order chi connectivity index (χ0) is 14.6. The van der Waals surface area contributed by atoms with Crippen molar-refractivity contribution < 1.29 is 18.0 Å². The third-order valence-electron chi connectivity index (χ3n) is 3.40. The number of hydrogen-bond donors (Lipinski definition) is 2. The maximum Gasteiger partial charge on any atom is 0.416 e. The highest BCUT2D eigenvalue weighted by Gasteiger charge is 2.33. The monoisotopic (exact) mass is 286 g/mol. The van der Waals surface area contributed by atoms with Crippen LogP contribution in [-0.4, -0.2) is 18.5 Å². The van der Waals surface area contributed by atoms with E-state index in [1.807, 2.05) is 0 Å². The highest BCUT2D eigenvalue weighted by molar-refractivity contribution is 5.81. The molecule has 1 unspecified atom stereocenters. The van der Waals surface area contributed by atoms with Gasteiger partial charge in [0.1, 0.15) is 0 Å². The number of nitrogens with one attached hydrogen (secondary N) is 2. The molecule has 110 valence electrons. The molecule has 1 aliphatic rings. The van der Waals surface area contributed by atoms with Gasteiger partial charge in [0, 0.05) is 13.1 Å². The predicted octanol–water partition coefficient (Wildman–Crippen LogP) is 2.46. The number of carbonyl (C=O) groups is 1. The molecule has 1 heterocycles. The summed E-state index contributed by atoms with van der Waals surface area (Å²) in [6.07, 6.45) is -1.93. The van der Waals surface area contributed by atoms with E-state index in [-0.39, 0.29) is 18.0 Å². The number of benzene rings is 1. The number of halogens is 3. The van der Waals surface area contributed by atoms with E-state index in [9.17, 15) is 18.0 Å². The SMILES string of the molecule is O=C1NCCCCC1NCc1ccccc1C(F)(F)F. The molecule has 1 atom stereocenters. The summed E-state index contributed by atoms with van der Waals surface area (Å²) in [5, 5.41) is 5.68. The van der Waals surface area contributed by atoms with Crippen molar-refractivity contribution >= 4 is 5.91 Å². The molecule has 1 amide bonds. The van der Waals surface area contributed by atoms with Gasteiger partial charge in [-0.15, -0.1) is 0 Å². The Bertz CT molecular complexity index is 474. The van der Waals surface area contributed by atoms with Gasteiger partial charge in [0.25, 0.3) is 0 Å². The van der Waals surface area contributed by atoms with Gasteiger partial charge in [-0.05, 0) is 30.9 Å². The Morgan fingerprint density at radius 2 is 2.00 bits per heavy atom. The lowest BCUT2D eigenvalue weighted by atomic mass is 10.1. The molecule has 2 rings (SSSR count). The molecular formula is C14H17F3N2O. The van der Waals surface area contributed by atoms with E-state index in [2.05, 4.69) is 10.6 Å². The van der Waals surface area contributed by atoms with Crippen LogP contribution in [0.25, 0.3) is 0 Å². The van der Waals surface area contributed by atoms with Crippen LogP contribution in [0.5, 0.6) is 0 Å². The number of amides is 1. The van der Waals surface area contributed by atoms with Crippen molar-refractivity contribution in [1.29, 1.82) is 0 Å². The molecule has 0 radical (unpaired) electrons. The van der Waals surface area contributed by atoms with E-state index in [0.717, 1.165) is 18.9 Å². The molecule has 0 bridgehead atoms. The first-order chi connectivity index (χ1) is 9.48. The van der Waals surface area contributed by atoms with E-state index < -0.39 is 17.8 Å². The minimum Gasteiger partial charge on any atom is -0.355 e. The van der Waals surface area contributed by atoms with Crippen molar-refractivity contribution in [2.24, 2.45) is 0 Å². The van der Waals surface area contributed by atoms with Crippen LogP contribution in [0.15, 0.2) is 24.3 Å². The molecule has 0 saturated carbocycles. The average molecular weight is 286 g/mol. The first kappa shape index (κ1) is 14.8. The van der Waals surface area contributed by atoms with Crippen LogP contribution in [0.4, 0.5) is 13.2 Å². The molecule has 0 aliphatic carbocycles. The summed E-state index contributed by atoms with van der Waals surface area (Å²) in [7, 11) is 0. The zero-order valence-electron chi connectivity index (χ0n) is 11.0. The average Bonchev–Trinajstić information content (AvgIpc) is 2.60. The molecule has 1 aliphatic heterocycles. The summed E-state index contributed by atoms with van der Waals surface area (Å²) in [6.45, 7) is 0.671. The summed E-state index contributed by atoms with van der Waals surface area (Å²) in [5.41, 5.74) is -0.487. The summed E-state index contributed by atoms with van der Waals surface area (Å²) >= 11 is 0. The molecule has 0 spiro atoms. The fourth-order valence-electron chi connectivity index (χ4n) is 2.32. The van der Waals surface area contributed by atoms with Crippen LogP contribution in [0, 0.1) is 0 Å². The zero-order valence-corrected chi connectivity index (χ0v) is 11.0. The van der Waals surface area contributed by atoms with Gasteiger partial charge < -0.3 is 10.6 Å². The molecule has 1 aromatic carbocycles. The molecule has 1 fully saturated rings. The van der Waals surface area contributed by atoms with Crippen molar-refractivity contribution in [3.63, 3.8) is 0 Å². The second-order valence-corrected chi connectivity index (χ2v) is 4.88. The van der Waals surface area contributed by atoms with E-state index in [1.165, 1.54) is 12.1 Å². The van der Waals surface area contributed by atoms with Crippen molar-refractivity contribution in [2.75, 3.05) is 6.54 Å². The number of hydrogen-bond acceptors (Lipinski definition) is 2. The first-order valence-corrected chi connectivity index (χ1v) is 6.64. The lowest BCUT2D eigenvalue weighted by Crippen LogP contribution is -2.42. The highest BCUT2D eigenvalue weighted by Crippen LogP contribution is 2.31. The van der Waals surface area contributed by atoms with Gasteiger partial charge in [-0.1, -0.05) is 18.2 Å². The normalized spacial score (nSPS) is 20.4. The van der Waals surface area contributed by atoms with Crippen LogP contribution >= 0.6 is 0 Å². The standard InChI is InChI=1S/C14H17F3N2O/c15-14(16,17)11-6-2-1-5-10(11)9-19-12-7-3-4-8-18-13(12)20/h1-2,5-6,12,19H,3-4,7-9H2,(H,18,20). The van der Waals surface area contributed by atoms with Crippen LogP contribution in [0.1, 0.15) is 30.4 Å². The summed E-state index contributed by atoms with van der Waals surface area (Å²) in [5.74, 6) is -0.132. The minimum atomic E-state index is -4.37. The molecule has 0 aromatic heterocycles. The Morgan fingerprint density at radius 1 is 1.25 bits per heavy atom. The fourth-order valence-corrected chi connectivity index (χ4v) is 2.32. The molecule has 3 nitrogen and oxygen atoms in total. The molecule has 1 saturated heterocycles. The van der Waals surface area contributed by atoms with E-state index in [4.69, 9.17) is 0 Å². The summed E-state index contributed by atoms with van der Waals surface area (Å²) < 4.78 is 38.5. The van der Waals surface area contributed by atoms with Gasteiger partial charge in [0.05, 0.1) is 11.6 Å². The lowest BCUT2D eigenvalue weighted by molar-refractivity contribution is -0.138. The van der Waals surface area contributed by atoms with Gasteiger partial charge in [-0.25, -0.2) is 0 Å². The van der Waals surface area contributed by atoms with E-state index in [1.54, 1.807) is 6.07 Å². The third kappa shape index (κ3) is 3.72. The quantitative estimate of drug-likeness (QED) is 0.896. The van der Waals surface area contributed by atoms with E-state index in [0.29, 0.717) is 13.0 Å². The first-order valence-electron chi connectivity index (χ1n) is 6.64. The second kappa shape index (κ2) is 6.26. The maximum absolute atomic E-state index is 12.8. The fraction of sp³-hybridized carbons (Fsp3) is 0.500. The minimum absolute atomic E-state index is 0.0355. The summed E-state index contributed by atoms with van der Waals surface area (Å²) in [4.78, 5) is 11.7. The van der Waals surface area contributed by atoms with Gasteiger partial charge in [-0.3, -0.25) is 4.79 Å². The highest BCUT2D eigenvalue weighted by atomic mass is 19.4. The van der Waals surface area contributed by atoms with Crippen molar-refractivity contribution in [3.8, 4) is 0 Å². The Balaban J connectivity index is 2.05. The number of carbonyl (C=O) groups excluding carboxylic acids is 1. The van der Waals surface area contributed by atoms with Crippen molar-refractivity contribution in [1.82, 2.24) is 10.6 Å². The smallest absolute Gasteiger partial charge is 0.355 e. The Labute approximate surface area is 115 Å². The number of alkyl halides is 3. The third-order valence-corrected chi connectivity index (χ3v) is 3.40. The van der Waals surface area contributed by atoms with Gasteiger partial charge in [-0.2, -0.15) is 13.2 Å². The van der Waals surface area contributed by atoms with Gasteiger partial charge in [0.15, 0.2) is 0 Å². The topological polar surface area (TPSA) is 41.1 Å². The summed E-state index contributed by atoms with van der Waals surface area (Å²) in [6, 6.07) is 5.01. The predicted molar refractivity (Wildman–Crippen MR) is 68.9 cm³/mol. The van der Waals surface area contributed by atoms with Gasteiger partial charge >= 0.3 is 6.18 Å². The van der Waals surface area contributed by atoms with Crippen molar-refractivity contribution in [3.05, 3.63) is 35.4 Å². The number of rotatable bonds is 3. The molecule has 1 aromatic rings. The second-order valence-electron chi connectivity index (χ2n) is 4.88. The Kier molecular flexibility index (Phi) is 4.65. The Hall–Kier alpha value is -1.56. The van der Waals surface area contributed by atoms with Crippen LogP contribution in [0.2, 0.25) is 0 Å². The van der Waals surface area contributed by atoms with Gasteiger partial charge in [0.2, 0.25) is 5.91 Å². The van der Waals surface area contributed by atoms with Crippen molar-refractivity contribution in [2.45, 2.75) is 38.0 Å².